The molecule has 0 fully saturated rings. The summed E-state index contributed by atoms with van der Waals surface area (Å²) in [5, 5.41) is 0. The summed E-state index contributed by atoms with van der Waals surface area (Å²) in [6, 6.07) is 3.73. The molecule has 1 unspecified atom stereocenters. The average molecular weight is 210 g/mol. The standard InChI is InChI=1S/C11H18N2O2/c1-14-6-4-10(7-12)9-15-11-3-2-5-13-8-11/h2-3,5,8,10H,4,6-7,9,12H2,1H3. The topological polar surface area (TPSA) is 57.4 Å². The zero-order valence-corrected chi connectivity index (χ0v) is 9.06. The molecule has 2 N–H and O–H groups in total. The van der Waals surface area contributed by atoms with Crippen LogP contribution in [0.25, 0.3) is 0 Å². The van der Waals surface area contributed by atoms with E-state index in [1.807, 2.05) is 12.1 Å². The molecule has 1 aromatic heterocycles. The van der Waals surface area contributed by atoms with E-state index in [4.69, 9.17) is 15.2 Å². The normalized spacial score (nSPS) is 12.4. The van der Waals surface area contributed by atoms with Crippen molar-refractivity contribution in [3.05, 3.63) is 24.5 Å². The predicted octanol–water partition coefficient (Wildman–Crippen LogP) is 1.07. The minimum atomic E-state index is 0.338. The molecule has 4 nitrogen and oxygen atoms in total. The van der Waals surface area contributed by atoms with Crippen LogP contribution in [0.2, 0.25) is 0 Å². The van der Waals surface area contributed by atoms with Crippen molar-refractivity contribution in [2.24, 2.45) is 11.7 Å². The van der Waals surface area contributed by atoms with Crippen LogP contribution in [0.1, 0.15) is 6.42 Å². The summed E-state index contributed by atoms with van der Waals surface area (Å²) >= 11 is 0. The fourth-order valence-corrected chi connectivity index (χ4v) is 1.20. The molecule has 1 aromatic rings. The van der Waals surface area contributed by atoms with Crippen LogP contribution < -0.4 is 10.5 Å². The second-order valence-corrected chi connectivity index (χ2v) is 3.38. The molecular formula is C11H18N2O2. The van der Waals surface area contributed by atoms with Crippen LogP contribution >= 0.6 is 0 Å². The van der Waals surface area contributed by atoms with Crippen LogP contribution in [-0.4, -0.2) is 31.9 Å². The molecule has 0 aliphatic heterocycles. The number of hydrogen-bond acceptors (Lipinski definition) is 4. The molecule has 0 aromatic carbocycles. The van der Waals surface area contributed by atoms with Crippen molar-refractivity contribution < 1.29 is 9.47 Å². The molecule has 0 aliphatic carbocycles. The lowest BCUT2D eigenvalue weighted by atomic mass is 10.1. The van der Waals surface area contributed by atoms with E-state index >= 15 is 0 Å². The molecule has 4 heteroatoms. The van der Waals surface area contributed by atoms with Crippen LogP contribution in [0.4, 0.5) is 0 Å². The zero-order chi connectivity index (χ0) is 10.9. The van der Waals surface area contributed by atoms with Gasteiger partial charge in [-0.15, -0.1) is 0 Å². The number of nitrogens with two attached hydrogens (primary N) is 1. The van der Waals surface area contributed by atoms with Crippen molar-refractivity contribution in [1.82, 2.24) is 4.98 Å². The number of rotatable bonds is 7. The third-order valence-electron chi connectivity index (χ3n) is 2.18. The maximum Gasteiger partial charge on any atom is 0.137 e. The molecule has 15 heavy (non-hydrogen) atoms. The van der Waals surface area contributed by atoms with Gasteiger partial charge in [-0.2, -0.15) is 0 Å². The number of nitrogens with zero attached hydrogens (tertiary/aromatic N) is 1. The van der Waals surface area contributed by atoms with Gasteiger partial charge in [0.25, 0.3) is 0 Å². The fourth-order valence-electron chi connectivity index (χ4n) is 1.20. The Kier molecular flexibility index (Phi) is 5.73. The second kappa shape index (κ2) is 7.20. The first-order valence-corrected chi connectivity index (χ1v) is 5.08. The lowest BCUT2D eigenvalue weighted by Gasteiger charge is -2.14. The van der Waals surface area contributed by atoms with Gasteiger partial charge < -0.3 is 15.2 Å². The average Bonchev–Trinajstić information content (AvgIpc) is 2.31. The lowest BCUT2D eigenvalue weighted by Crippen LogP contribution is -2.22. The predicted molar refractivity (Wildman–Crippen MR) is 58.8 cm³/mol. The zero-order valence-electron chi connectivity index (χ0n) is 9.06. The van der Waals surface area contributed by atoms with Crippen molar-refractivity contribution in [2.45, 2.75) is 6.42 Å². The molecule has 0 bridgehead atoms. The molecular weight excluding hydrogens is 192 g/mol. The molecule has 1 heterocycles. The molecule has 0 amide bonds. The van der Waals surface area contributed by atoms with Crippen LogP contribution in [0.3, 0.4) is 0 Å². The van der Waals surface area contributed by atoms with E-state index in [0.29, 0.717) is 19.1 Å². The van der Waals surface area contributed by atoms with Gasteiger partial charge in [0.1, 0.15) is 5.75 Å². The number of ether oxygens (including phenoxy) is 2. The maximum absolute atomic E-state index is 5.63. The van der Waals surface area contributed by atoms with Gasteiger partial charge in [0.15, 0.2) is 0 Å². The Hall–Kier alpha value is -1.13. The van der Waals surface area contributed by atoms with Crippen LogP contribution in [-0.2, 0) is 4.74 Å². The molecule has 1 atom stereocenters. The first-order valence-electron chi connectivity index (χ1n) is 5.08. The van der Waals surface area contributed by atoms with Crippen molar-refractivity contribution in [2.75, 3.05) is 26.9 Å². The van der Waals surface area contributed by atoms with Crippen LogP contribution in [0.15, 0.2) is 24.5 Å². The summed E-state index contributed by atoms with van der Waals surface area (Å²) in [6.07, 6.45) is 4.34. The van der Waals surface area contributed by atoms with Gasteiger partial charge in [0.2, 0.25) is 0 Å². The number of hydrogen-bond donors (Lipinski definition) is 1. The van der Waals surface area contributed by atoms with Gasteiger partial charge in [-0.25, -0.2) is 0 Å². The fraction of sp³-hybridized carbons (Fsp3) is 0.545. The molecule has 0 radical (unpaired) electrons. The smallest absolute Gasteiger partial charge is 0.137 e. The molecule has 0 aliphatic rings. The maximum atomic E-state index is 5.63. The summed E-state index contributed by atoms with van der Waals surface area (Å²) in [6.45, 7) is 1.95. The Balaban J connectivity index is 2.28. The summed E-state index contributed by atoms with van der Waals surface area (Å²) in [5.41, 5.74) is 5.63. The SMILES string of the molecule is COCCC(CN)COc1cccnc1. The highest BCUT2D eigenvalue weighted by Gasteiger charge is 2.07. The Morgan fingerprint density at radius 2 is 2.40 bits per heavy atom. The number of pyridine rings is 1. The summed E-state index contributed by atoms with van der Waals surface area (Å²) < 4.78 is 10.6. The number of methoxy groups -OCH3 is 1. The Bertz CT molecular complexity index is 254. The van der Waals surface area contributed by atoms with E-state index in [1.165, 1.54) is 0 Å². The molecule has 0 saturated carbocycles. The Morgan fingerprint density at radius 1 is 1.53 bits per heavy atom. The second-order valence-electron chi connectivity index (χ2n) is 3.38. The van der Waals surface area contributed by atoms with E-state index in [2.05, 4.69) is 4.98 Å². The third kappa shape index (κ3) is 4.76. The molecule has 1 rings (SSSR count). The summed E-state index contributed by atoms with van der Waals surface area (Å²) in [4.78, 5) is 3.97. The highest BCUT2D eigenvalue weighted by molar-refractivity contribution is 5.15. The third-order valence-corrected chi connectivity index (χ3v) is 2.18. The summed E-state index contributed by atoms with van der Waals surface area (Å²) in [7, 11) is 1.69. The largest absolute Gasteiger partial charge is 0.492 e. The van der Waals surface area contributed by atoms with Crippen molar-refractivity contribution in [3.8, 4) is 5.75 Å². The minimum Gasteiger partial charge on any atom is -0.492 e. The molecule has 0 spiro atoms. The first kappa shape index (κ1) is 11.9. The van der Waals surface area contributed by atoms with E-state index in [-0.39, 0.29) is 0 Å². The Labute approximate surface area is 90.4 Å². The quantitative estimate of drug-likeness (QED) is 0.731. The lowest BCUT2D eigenvalue weighted by molar-refractivity contribution is 0.157. The van der Waals surface area contributed by atoms with E-state index < -0.39 is 0 Å². The van der Waals surface area contributed by atoms with E-state index in [0.717, 1.165) is 18.8 Å². The minimum absolute atomic E-state index is 0.338. The van der Waals surface area contributed by atoms with Crippen molar-refractivity contribution in [1.29, 1.82) is 0 Å². The van der Waals surface area contributed by atoms with E-state index in [9.17, 15) is 0 Å². The van der Waals surface area contributed by atoms with Gasteiger partial charge in [-0.05, 0) is 25.1 Å². The highest BCUT2D eigenvalue weighted by atomic mass is 16.5. The number of aromatic nitrogens is 1. The van der Waals surface area contributed by atoms with Crippen LogP contribution in [0.5, 0.6) is 5.75 Å². The highest BCUT2D eigenvalue weighted by Crippen LogP contribution is 2.09. The van der Waals surface area contributed by atoms with Gasteiger partial charge in [0, 0.05) is 25.8 Å². The van der Waals surface area contributed by atoms with Crippen molar-refractivity contribution >= 4 is 0 Å². The van der Waals surface area contributed by atoms with Crippen LogP contribution in [0, 0.1) is 5.92 Å². The van der Waals surface area contributed by atoms with Crippen molar-refractivity contribution in [3.63, 3.8) is 0 Å². The van der Waals surface area contributed by atoms with Gasteiger partial charge in [-0.3, -0.25) is 4.98 Å². The van der Waals surface area contributed by atoms with Gasteiger partial charge in [0.05, 0.1) is 12.8 Å². The van der Waals surface area contributed by atoms with Gasteiger partial charge >= 0.3 is 0 Å². The molecule has 0 saturated heterocycles. The summed E-state index contributed by atoms with van der Waals surface area (Å²) in [5.74, 6) is 1.12. The van der Waals surface area contributed by atoms with Gasteiger partial charge in [-0.1, -0.05) is 0 Å². The van der Waals surface area contributed by atoms with E-state index in [1.54, 1.807) is 19.5 Å². The Morgan fingerprint density at radius 3 is 3.00 bits per heavy atom. The monoisotopic (exact) mass is 210 g/mol. The molecule has 84 valence electrons. The first-order chi connectivity index (χ1) is 7.36.